The van der Waals surface area contributed by atoms with E-state index < -0.39 is 18.2 Å². The fourth-order valence-corrected chi connectivity index (χ4v) is 0.687. The molecule has 0 atom stereocenters. The van der Waals surface area contributed by atoms with E-state index in [1.165, 1.54) is 0 Å². The summed E-state index contributed by atoms with van der Waals surface area (Å²) in [5, 5.41) is 8.03. The Morgan fingerprint density at radius 2 is 1.91 bits per heavy atom. The fraction of sp³-hybridized carbons (Fsp3) is 0.571. The normalized spacial score (nSPS) is 9.27. The molecule has 0 aliphatic heterocycles. The first-order valence-electron chi connectivity index (χ1n) is 2.95. The van der Waals surface area contributed by atoms with Crippen LogP contribution in [0.15, 0.2) is 6.99 Å². The molecule has 0 spiro atoms. The van der Waals surface area contributed by atoms with Crippen molar-refractivity contribution in [3.63, 3.8) is 0 Å². The van der Waals surface area contributed by atoms with Crippen LogP contribution in [-0.2, 0) is 18.2 Å². The third-order valence-corrected chi connectivity index (χ3v) is 1.50. The van der Waals surface area contributed by atoms with E-state index in [-0.39, 0.29) is 5.41 Å². The van der Waals surface area contributed by atoms with Crippen molar-refractivity contribution in [2.75, 3.05) is 0 Å². The molecule has 62 valence electrons. The standard InChI is InChI=1S/C6H9N.CN2.Pt/c1-6(2,3)4-5-7;2-1-3;/h1-3H3;;. The molecule has 0 aliphatic rings. The van der Waals surface area contributed by atoms with Crippen LogP contribution in [0.3, 0.4) is 0 Å². The second-order valence-electron chi connectivity index (χ2n) is 2.79. The summed E-state index contributed by atoms with van der Waals surface area (Å²) in [5.74, 6) is 2.92. The Kier molecular flexibility index (Phi) is 4.75. The molecule has 0 unspecified atom stereocenters. The molecular weight excluding hydrogens is 321 g/mol. The Morgan fingerprint density at radius 3 is 2.36 bits per heavy atom. The van der Waals surface area contributed by atoms with Gasteiger partial charge in [0.2, 0.25) is 0 Å². The molecule has 0 heterocycles. The van der Waals surface area contributed by atoms with E-state index in [1.54, 1.807) is 6.19 Å². The van der Waals surface area contributed by atoms with Crippen molar-refractivity contribution in [1.82, 2.24) is 0 Å². The van der Waals surface area contributed by atoms with E-state index in [1.807, 2.05) is 20.8 Å². The van der Waals surface area contributed by atoms with Crippen LogP contribution in [0.2, 0.25) is 0 Å². The molecule has 0 aromatic heterocycles. The van der Waals surface area contributed by atoms with E-state index in [0.717, 1.165) is 0 Å². The first-order chi connectivity index (χ1) is 5.06. The van der Waals surface area contributed by atoms with Crippen LogP contribution in [0, 0.1) is 28.8 Å². The monoisotopic (exact) mass is 330 g/mol. The summed E-state index contributed by atoms with van der Waals surface area (Å²) in [5.41, 5.74) is -0.0138. The molecule has 0 aliphatic carbocycles. The molecule has 3 nitrogen and oxygen atoms in total. The van der Waals surface area contributed by atoms with Gasteiger partial charge in [0.25, 0.3) is 0 Å². The number of hydrogen-bond acceptors (Lipinski definition) is 3. The first-order valence-corrected chi connectivity index (χ1v) is 4.99. The number of nitrogens with zero attached hydrogens (tertiary/aromatic N) is 3. The van der Waals surface area contributed by atoms with Crippen molar-refractivity contribution in [2.45, 2.75) is 20.8 Å². The number of rotatable bonds is 0. The maximum absolute atomic E-state index is 8.03. The zero-order valence-corrected chi connectivity index (χ0v) is 8.93. The summed E-state index contributed by atoms with van der Waals surface area (Å²) in [6.07, 6.45) is 1.68. The van der Waals surface area contributed by atoms with Crippen molar-refractivity contribution in [3.05, 3.63) is 0 Å². The van der Waals surface area contributed by atoms with Crippen molar-refractivity contribution < 1.29 is 18.2 Å². The maximum atomic E-state index is 8.03. The minimum absolute atomic E-state index is 0.0138. The summed E-state index contributed by atoms with van der Waals surface area (Å²) in [6.45, 7) is 6.03. The summed E-state index contributed by atoms with van der Waals surface area (Å²) in [6, 6.07) is 2.64. The van der Waals surface area contributed by atoms with Gasteiger partial charge in [-0.3, -0.25) is 0 Å². The topological polar surface area (TPSA) is 48.5 Å². The molecule has 0 bridgehead atoms. The van der Waals surface area contributed by atoms with E-state index in [2.05, 4.69) is 19.0 Å². The van der Waals surface area contributed by atoms with Crippen LogP contribution < -0.4 is 0 Å². The second-order valence-corrected chi connectivity index (χ2v) is 4.26. The quantitative estimate of drug-likeness (QED) is 0.494. The molecule has 0 saturated heterocycles. The van der Waals surface area contributed by atoms with Crippen LogP contribution in [-0.4, -0.2) is 0 Å². The summed E-state index contributed by atoms with van der Waals surface area (Å²) in [4.78, 5) is 0. The van der Waals surface area contributed by atoms with Crippen LogP contribution in [0.1, 0.15) is 20.8 Å². The predicted molar refractivity (Wildman–Crippen MR) is 37.7 cm³/mol. The van der Waals surface area contributed by atoms with Crippen molar-refractivity contribution in [3.8, 4) is 18.2 Å². The zero-order chi connectivity index (χ0) is 8.74. The van der Waals surface area contributed by atoms with Gasteiger partial charge in [-0.15, -0.1) is 0 Å². The van der Waals surface area contributed by atoms with Gasteiger partial charge in [0.05, 0.1) is 0 Å². The summed E-state index contributed by atoms with van der Waals surface area (Å²) < 4.78 is 7.25. The van der Waals surface area contributed by atoms with Gasteiger partial charge in [-0.05, 0) is 0 Å². The van der Waals surface area contributed by atoms with Crippen LogP contribution in [0.25, 0.3) is 0 Å². The van der Waals surface area contributed by atoms with Gasteiger partial charge in [0.1, 0.15) is 0 Å². The molecule has 0 aromatic carbocycles. The third kappa shape index (κ3) is 9.34. The summed E-state index contributed by atoms with van der Waals surface area (Å²) >= 11 is -0.723. The molecule has 0 N–H and O–H groups in total. The van der Waals surface area contributed by atoms with E-state index in [4.69, 9.17) is 5.26 Å². The molecule has 0 amide bonds. The second kappa shape index (κ2) is 5.05. The predicted octanol–water partition coefficient (Wildman–Crippen LogP) is 1.92. The molecule has 0 saturated carbocycles. The Morgan fingerprint density at radius 1 is 1.27 bits per heavy atom. The zero-order valence-electron chi connectivity index (χ0n) is 6.66. The molecule has 11 heavy (non-hydrogen) atoms. The molecule has 4 heteroatoms. The molecule has 0 fully saturated rings. The Bertz CT molecular complexity index is 276. The first kappa shape index (κ1) is 10.3. The molecule has 0 rings (SSSR count). The van der Waals surface area contributed by atoms with Gasteiger partial charge in [-0.2, -0.15) is 0 Å². The molecule has 0 radical (unpaired) electrons. The van der Waals surface area contributed by atoms with E-state index in [0.29, 0.717) is 0 Å². The Hall–Kier alpha value is -0.662. The van der Waals surface area contributed by atoms with Gasteiger partial charge in [0.15, 0.2) is 0 Å². The van der Waals surface area contributed by atoms with Crippen molar-refractivity contribution in [2.24, 2.45) is 12.4 Å². The average Bonchev–Trinajstić information content (AvgIpc) is 1.85. The summed E-state index contributed by atoms with van der Waals surface area (Å²) in [7, 11) is 0. The number of hydrogen-bond donors (Lipinski definition) is 0. The van der Waals surface area contributed by atoms with Gasteiger partial charge in [0, 0.05) is 0 Å². The van der Waals surface area contributed by atoms with Gasteiger partial charge in [-0.25, -0.2) is 0 Å². The van der Waals surface area contributed by atoms with Crippen LogP contribution in [0.4, 0.5) is 0 Å². The Labute approximate surface area is 75.1 Å². The third-order valence-electron chi connectivity index (χ3n) is 0.561. The van der Waals surface area contributed by atoms with Crippen molar-refractivity contribution in [1.29, 1.82) is 5.26 Å². The Balaban J connectivity index is 4.16. The van der Waals surface area contributed by atoms with Crippen molar-refractivity contribution >= 4 is 0 Å². The minimum atomic E-state index is -0.723. The van der Waals surface area contributed by atoms with E-state index in [9.17, 15) is 0 Å². The van der Waals surface area contributed by atoms with Gasteiger partial charge < -0.3 is 0 Å². The van der Waals surface area contributed by atoms with Crippen LogP contribution >= 0.6 is 0 Å². The van der Waals surface area contributed by atoms with Gasteiger partial charge in [-0.1, -0.05) is 0 Å². The average molecular weight is 330 g/mol. The fourth-order valence-electron chi connectivity index (χ4n) is 0.231. The van der Waals surface area contributed by atoms with E-state index >= 15 is 0 Å². The van der Waals surface area contributed by atoms with Gasteiger partial charge >= 0.3 is 74.8 Å². The van der Waals surface area contributed by atoms with Crippen LogP contribution in [0.5, 0.6) is 0 Å². The molecule has 0 aromatic rings. The SMILES string of the molecule is CC(C)(C)C#C[N]=[Pt]=[N]C#N. The number of nitriles is 1. The molecular formula is C7H9N3Pt.